The summed E-state index contributed by atoms with van der Waals surface area (Å²) in [7, 11) is 0. The van der Waals surface area contributed by atoms with Gasteiger partial charge in [-0.15, -0.1) is 0 Å². The highest BCUT2D eigenvalue weighted by atomic mass is 16.7. The summed E-state index contributed by atoms with van der Waals surface area (Å²) in [4.78, 5) is 26.4. The third-order valence-corrected chi connectivity index (χ3v) is 13.2. The summed E-state index contributed by atoms with van der Waals surface area (Å²) in [5.74, 6) is -1.21. The van der Waals surface area contributed by atoms with Crippen molar-refractivity contribution in [1.29, 1.82) is 0 Å². The number of ether oxygens (including phenoxy) is 3. The molecular weight excluding hydrogens is 871 g/mol. The average Bonchev–Trinajstić information content (AvgIpc) is 3.34. The third-order valence-electron chi connectivity index (χ3n) is 13.2. The van der Waals surface area contributed by atoms with Crippen molar-refractivity contribution in [3.05, 3.63) is 48.6 Å². The van der Waals surface area contributed by atoms with E-state index in [1.807, 2.05) is 6.08 Å². The lowest BCUT2D eigenvalue weighted by Crippen LogP contribution is -2.61. The van der Waals surface area contributed by atoms with Gasteiger partial charge in [-0.05, 0) is 77.0 Å². The molecule has 0 saturated carbocycles. The van der Waals surface area contributed by atoms with Crippen LogP contribution in [0.15, 0.2) is 48.6 Å². The predicted molar refractivity (Wildman–Crippen MR) is 283 cm³/mol. The molecule has 1 aliphatic rings. The number of carbonyl (C=O) groups excluding carboxylic acids is 2. The highest BCUT2D eigenvalue weighted by Crippen LogP contribution is 2.26. The van der Waals surface area contributed by atoms with Crippen LogP contribution >= 0.6 is 0 Å². The van der Waals surface area contributed by atoms with Gasteiger partial charge in [0.2, 0.25) is 5.91 Å². The third kappa shape index (κ3) is 35.4. The molecule has 6 N–H and O–H groups in total. The Bertz CT molecular complexity index is 1300. The van der Waals surface area contributed by atoms with Crippen LogP contribution in [0.5, 0.6) is 0 Å². The molecule has 69 heavy (non-hydrogen) atoms. The fourth-order valence-corrected chi connectivity index (χ4v) is 8.60. The Hall–Kier alpha value is -2.38. The monoisotopic (exact) mass is 976 g/mol. The van der Waals surface area contributed by atoms with E-state index in [0.717, 1.165) is 89.9 Å². The number of hydrogen-bond acceptors (Lipinski definition) is 10. The number of allylic oxidation sites excluding steroid dienone is 7. The van der Waals surface area contributed by atoms with E-state index in [4.69, 9.17) is 14.2 Å². The van der Waals surface area contributed by atoms with Crippen molar-refractivity contribution in [2.45, 2.75) is 294 Å². The van der Waals surface area contributed by atoms with Crippen LogP contribution in [0.4, 0.5) is 0 Å². The van der Waals surface area contributed by atoms with E-state index in [-0.39, 0.29) is 19.4 Å². The van der Waals surface area contributed by atoms with Crippen LogP contribution in [-0.2, 0) is 23.8 Å². The molecule has 11 heteroatoms. The van der Waals surface area contributed by atoms with E-state index in [1.54, 1.807) is 6.08 Å². The number of aliphatic hydroxyl groups is 5. The largest absolute Gasteiger partial charge is 0.454 e. The molecule has 0 spiro atoms. The minimum absolute atomic E-state index is 0.114. The van der Waals surface area contributed by atoms with Crippen molar-refractivity contribution in [2.75, 3.05) is 13.2 Å². The van der Waals surface area contributed by atoms with Crippen molar-refractivity contribution in [2.24, 2.45) is 0 Å². The van der Waals surface area contributed by atoms with Gasteiger partial charge in [-0.1, -0.05) is 211 Å². The molecule has 1 amide bonds. The molecule has 1 aliphatic heterocycles. The van der Waals surface area contributed by atoms with Crippen molar-refractivity contribution < 1.29 is 49.3 Å². The van der Waals surface area contributed by atoms with Crippen molar-refractivity contribution >= 4 is 11.9 Å². The van der Waals surface area contributed by atoms with Gasteiger partial charge in [0.25, 0.3) is 0 Å². The molecule has 0 bridgehead atoms. The number of nitrogens with one attached hydrogen (secondary N) is 1. The summed E-state index contributed by atoms with van der Waals surface area (Å²) < 4.78 is 17.5. The number of esters is 1. The highest BCUT2D eigenvalue weighted by molar-refractivity contribution is 5.80. The number of hydrogen-bond donors (Lipinski definition) is 6. The van der Waals surface area contributed by atoms with Crippen LogP contribution in [-0.4, -0.2) is 99.6 Å². The number of rotatable bonds is 47. The molecule has 0 aliphatic carbocycles. The van der Waals surface area contributed by atoms with Gasteiger partial charge in [-0.25, -0.2) is 0 Å². The second kappa shape index (κ2) is 46.7. The van der Waals surface area contributed by atoms with Gasteiger partial charge in [0.1, 0.15) is 24.4 Å². The summed E-state index contributed by atoms with van der Waals surface area (Å²) in [6.07, 6.45) is 44.4. The SMILES string of the molecule is CCCC/C=C\CCCCCCC(O)C(=O)NC(COC1OC(CO)C(O)C(O)C1OC(=O)CCCCCCCCC/C=C\C/C=C\CCCCC)C(O)/C=C/CCCCCCCCCCCCC. The molecule has 0 aromatic carbocycles. The molecular formula is C58H105NO10. The summed E-state index contributed by atoms with van der Waals surface area (Å²) in [5.41, 5.74) is 0. The maximum absolute atomic E-state index is 13.3. The first-order chi connectivity index (χ1) is 33.7. The van der Waals surface area contributed by atoms with Crippen LogP contribution in [0.1, 0.15) is 245 Å². The quantitative estimate of drug-likeness (QED) is 0.0196. The van der Waals surface area contributed by atoms with Crippen LogP contribution in [0.2, 0.25) is 0 Å². The van der Waals surface area contributed by atoms with E-state index in [9.17, 15) is 35.1 Å². The van der Waals surface area contributed by atoms with Gasteiger partial charge in [0.05, 0.1) is 25.4 Å². The fraction of sp³-hybridized carbons (Fsp3) is 0.828. The van der Waals surface area contributed by atoms with Gasteiger partial charge in [-0.2, -0.15) is 0 Å². The Labute approximate surface area is 421 Å². The second-order valence-corrected chi connectivity index (χ2v) is 19.7. The van der Waals surface area contributed by atoms with Crippen LogP contribution in [0.3, 0.4) is 0 Å². The highest BCUT2D eigenvalue weighted by Gasteiger charge is 2.47. The standard InChI is InChI=1S/C58H105NO10/c1-4-7-10-13-16-19-22-24-25-26-27-29-31-34-37-40-43-46-53(63)69-56-55(65)54(64)52(47-60)68-58(56)67-48-49(50(61)44-41-38-35-33-30-28-23-20-17-14-11-8-5-2)59-57(66)51(62)45-42-39-36-32-21-18-15-12-9-6-3/h15-16,18-19,24-25,41,44,49-52,54-56,58,60-62,64-65H,4-14,17,20-23,26-40,42-43,45-48H2,1-3H3,(H,59,66)/b18-15-,19-16-,25-24-,44-41+. The van der Waals surface area contributed by atoms with E-state index >= 15 is 0 Å². The predicted octanol–water partition coefficient (Wildman–Crippen LogP) is 12.5. The lowest BCUT2D eigenvalue weighted by atomic mass is 9.99. The molecule has 1 heterocycles. The zero-order chi connectivity index (χ0) is 50.4. The molecule has 1 saturated heterocycles. The summed E-state index contributed by atoms with van der Waals surface area (Å²) in [6, 6.07) is -1.03. The number of unbranched alkanes of at least 4 members (excludes halogenated alkanes) is 27. The number of aliphatic hydroxyl groups excluding tert-OH is 5. The minimum Gasteiger partial charge on any atom is -0.454 e. The van der Waals surface area contributed by atoms with Gasteiger partial charge in [0, 0.05) is 6.42 Å². The maximum Gasteiger partial charge on any atom is 0.306 e. The van der Waals surface area contributed by atoms with Gasteiger partial charge < -0.3 is 45.1 Å². The Balaban J connectivity index is 2.73. The molecule has 0 radical (unpaired) electrons. The lowest BCUT2D eigenvalue weighted by molar-refractivity contribution is -0.305. The molecule has 0 aromatic rings. The fourth-order valence-electron chi connectivity index (χ4n) is 8.60. The summed E-state index contributed by atoms with van der Waals surface area (Å²) >= 11 is 0. The zero-order valence-electron chi connectivity index (χ0n) is 44.2. The smallest absolute Gasteiger partial charge is 0.306 e. The van der Waals surface area contributed by atoms with E-state index in [2.05, 4.69) is 62.5 Å². The number of amides is 1. The van der Waals surface area contributed by atoms with Crippen molar-refractivity contribution in [3.8, 4) is 0 Å². The average molecular weight is 976 g/mol. The van der Waals surface area contributed by atoms with Crippen molar-refractivity contribution in [1.82, 2.24) is 5.32 Å². The Kier molecular flexibility index (Phi) is 43.7. The Morgan fingerprint density at radius 3 is 1.57 bits per heavy atom. The first-order valence-electron chi connectivity index (χ1n) is 28.4. The van der Waals surface area contributed by atoms with Crippen LogP contribution < -0.4 is 5.32 Å². The first-order valence-corrected chi connectivity index (χ1v) is 28.4. The normalized spacial score (nSPS) is 20.1. The molecule has 1 fully saturated rings. The van der Waals surface area contributed by atoms with Crippen LogP contribution in [0, 0.1) is 0 Å². The van der Waals surface area contributed by atoms with Gasteiger partial charge in [-0.3, -0.25) is 9.59 Å². The minimum atomic E-state index is -1.62. The van der Waals surface area contributed by atoms with Gasteiger partial charge in [0.15, 0.2) is 12.4 Å². The second-order valence-electron chi connectivity index (χ2n) is 19.7. The van der Waals surface area contributed by atoms with Gasteiger partial charge >= 0.3 is 5.97 Å². The Morgan fingerprint density at radius 1 is 0.565 bits per heavy atom. The van der Waals surface area contributed by atoms with Crippen molar-refractivity contribution in [3.63, 3.8) is 0 Å². The van der Waals surface area contributed by atoms with E-state index in [1.165, 1.54) is 109 Å². The number of carbonyl (C=O) groups is 2. The molecule has 1 rings (SSSR count). The molecule has 11 nitrogen and oxygen atoms in total. The summed E-state index contributed by atoms with van der Waals surface area (Å²) in [6.45, 7) is 5.69. The van der Waals surface area contributed by atoms with E-state index < -0.39 is 67.4 Å². The molecule has 402 valence electrons. The first kappa shape index (κ1) is 64.6. The Morgan fingerprint density at radius 2 is 1.01 bits per heavy atom. The lowest BCUT2D eigenvalue weighted by Gasteiger charge is -2.41. The summed E-state index contributed by atoms with van der Waals surface area (Å²) in [5, 5.41) is 56.7. The molecule has 8 unspecified atom stereocenters. The van der Waals surface area contributed by atoms with E-state index in [0.29, 0.717) is 12.8 Å². The topological polar surface area (TPSA) is 175 Å². The molecule has 0 aromatic heterocycles. The van der Waals surface area contributed by atoms with Crippen LogP contribution in [0.25, 0.3) is 0 Å². The maximum atomic E-state index is 13.3. The zero-order valence-corrected chi connectivity index (χ0v) is 44.2. The molecule has 8 atom stereocenters.